The van der Waals surface area contributed by atoms with Crippen molar-refractivity contribution in [3.63, 3.8) is 0 Å². The third-order valence-corrected chi connectivity index (χ3v) is 7.23. The smallest absolute Gasteiger partial charge is 0.336 e. The molecule has 0 aromatic rings. The predicted octanol–water partition coefficient (Wildman–Crippen LogP) is 1.94. The van der Waals surface area contributed by atoms with Gasteiger partial charge in [0, 0.05) is 24.6 Å². The van der Waals surface area contributed by atoms with Gasteiger partial charge >= 0.3 is 5.97 Å². The summed E-state index contributed by atoms with van der Waals surface area (Å²) in [7, 11) is 1.45. The summed E-state index contributed by atoms with van der Waals surface area (Å²) in [6.45, 7) is 1.06. The number of carbonyl (C=O) groups is 2. The quantitative estimate of drug-likeness (QED) is 0.370. The molecule has 0 aromatic heterocycles. The summed E-state index contributed by atoms with van der Waals surface area (Å²) in [4.78, 5) is 32.3. The van der Waals surface area contributed by atoms with E-state index in [0.29, 0.717) is 17.6 Å². The van der Waals surface area contributed by atoms with Crippen molar-refractivity contribution in [3.05, 3.63) is 23.3 Å². The molecule has 1 amide bonds. The second-order valence-electron chi connectivity index (χ2n) is 4.73. The minimum atomic E-state index is -1.82. The van der Waals surface area contributed by atoms with E-state index in [1.807, 2.05) is 18.2 Å². The van der Waals surface area contributed by atoms with Gasteiger partial charge in [-0.2, -0.15) is 0 Å². The van der Waals surface area contributed by atoms with Crippen molar-refractivity contribution < 1.29 is 23.8 Å². The fraction of sp³-hybridized carbons (Fsp3) is 0.538. The van der Waals surface area contributed by atoms with E-state index in [4.69, 9.17) is 9.68 Å². The van der Waals surface area contributed by atoms with Crippen LogP contribution in [0.15, 0.2) is 23.3 Å². The number of hydroxylamine groups is 2. The highest BCUT2D eigenvalue weighted by molar-refractivity contribution is 8.78. The van der Waals surface area contributed by atoms with Crippen molar-refractivity contribution in [2.24, 2.45) is 0 Å². The Morgan fingerprint density at radius 3 is 3.04 bits per heavy atom. The van der Waals surface area contributed by atoms with Crippen LogP contribution in [0.25, 0.3) is 0 Å². The van der Waals surface area contributed by atoms with Gasteiger partial charge in [0.15, 0.2) is 0 Å². The molecule has 0 radical (unpaired) electrons. The average molecular weight is 378 g/mol. The molecule has 1 fully saturated rings. The Morgan fingerprint density at radius 2 is 2.35 bits per heavy atom. The molecule has 1 N–H and O–H groups in total. The maximum absolute atomic E-state index is 11.9. The molecule has 1 unspecified atom stereocenters. The van der Waals surface area contributed by atoms with Crippen molar-refractivity contribution in [2.45, 2.75) is 12.8 Å². The topological polar surface area (TPSA) is 84.9 Å². The molecule has 0 aliphatic carbocycles. The van der Waals surface area contributed by atoms with Crippen molar-refractivity contribution >= 4 is 41.3 Å². The normalized spacial score (nSPS) is 18.5. The first-order chi connectivity index (χ1) is 11.1. The van der Waals surface area contributed by atoms with Crippen LogP contribution < -0.4 is 5.32 Å². The largest absolute Gasteiger partial charge is 0.376 e. The first-order valence-electron chi connectivity index (χ1n) is 7.23. The maximum atomic E-state index is 11.9. The van der Waals surface area contributed by atoms with Gasteiger partial charge in [0.25, 0.3) is 5.91 Å². The van der Waals surface area contributed by atoms with E-state index in [9.17, 15) is 14.2 Å². The lowest BCUT2D eigenvalue weighted by atomic mass is 10.4. The molecule has 10 heteroatoms. The number of amides is 1. The molecule has 2 aliphatic rings. The minimum Gasteiger partial charge on any atom is -0.376 e. The Kier molecular flexibility index (Phi) is 8.08. The van der Waals surface area contributed by atoms with Crippen LogP contribution in [0.4, 0.5) is 0 Å². The van der Waals surface area contributed by atoms with Crippen LogP contribution in [0.3, 0.4) is 0 Å². The molecular weight excluding hydrogens is 359 g/mol. The zero-order valence-corrected chi connectivity index (χ0v) is 15.1. The molecule has 0 bridgehead atoms. The van der Waals surface area contributed by atoms with E-state index in [1.165, 1.54) is 0 Å². The molecule has 0 spiro atoms. The number of dihydropyridines is 1. The standard InChI is InChI=1S/C13H19N2O5PS2/c16-12-4-7-19-15(12)20-13(17)5-8-21(18)9-10-22-23-11-3-1-2-6-14-11/h1-3,14,21H,4-10H2. The number of carbonyl (C=O) groups excluding carboxylic acids is 2. The molecule has 1 atom stereocenters. The van der Waals surface area contributed by atoms with Gasteiger partial charge in [-0.1, -0.05) is 22.9 Å². The molecule has 1 saturated heterocycles. The Morgan fingerprint density at radius 1 is 1.48 bits per heavy atom. The Bertz CT molecular complexity index is 526. The summed E-state index contributed by atoms with van der Waals surface area (Å²) < 4.78 is 11.9. The third kappa shape index (κ3) is 7.03. The SMILES string of the molecule is O=C(CC[PH](=O)CCSSC1=CC=CCN1)ON1OCCC1=O. The lowest BCUT2D eigenvalue weighted by Gasteiger charge is -2.12. The molecule has 0 aromatic carbocycles. The highest BCUT2D eigenvalue weighted by Gasteiger charge is 2.26. The fourth-order valence-electron chi connectivity index (χ4n) is 1.72. The van der Waals surface area contributed by atoms with Crippen LogP contribution in [-0.2, 0) is 23.8 Å². The highest BCUT2D eigenvalue weighted by Crippen LogP contribution is 2.32. The van der Waals surface area contributed by atoms with E-state index >= 15 is 0 Å². The van der Waals surface area contributed by atoms with Gasteiger partial charge in [-0.25, -0.2) is 9.63 Å². The second-order valence-corrected chi connectivity index (χ2v) is 9.27. The number of hydrogen-bond donors (Lipinski definition) is 1. The van der Waals surface area contributed by atoms with Gasteiger partial charge in [0.2, 0.25) is 0 Å². The van der Waals surface area contributed by atoms with Crippen LogP contribution in [0.1, 0.15) is 12.8 Å². The molecular formula is C13H19N2O5PS2. The minimum absolute atomic E-state index is 0.0280. The third-order valence-electron chi connectivity index (χ3n) is 2.91. The summed E-state index contributed by atoms with van der Waals surface area (Å²) in [6, 6.07) is 0. The monoisotopic (exact) mass is 378 g/mol. The van der Waals surface area contributed by atoms with Gasteiger partial charge in [-0.3, -0.25) is 4.79 Å². The van der Waals surface area contributed by atoms with E-state index in [1.54, 1.807) is 21.6 Å². The molecule has 0 saturated carbocycles. The molecule has 2 aliphatic heterocycles. The summed E-state index contributed by atoms with van der Waals surface area (Å²) in [5, 5.41) is 4.94. The predicted molar refractivity (Wildman–Crippen MR) is 92.1 cm³/mol. The fourth-order valence-corrected chi connectivity index (χ4v) is 5.91. The van der Waals surface area contributed by atoms with Crippen LogP contribution in [0, 0.1) is 0 Å². The maximum Gasteiger partial charge on any atom is 0.336 e. The van der Waals surface area contributed by atoms with E-state index in [0.717, 1.165) is 17.3 Å². The Labute approximate surface area is 143 Å². The van der Waals surface area contributed by atoms with Gasteiger partial charge in [-0.05, 0) is 22.1 Å². The first-order valence-corrected chi connectivity index (χ1v) is 11.4. The molecule has 128 valence electrons. The second kappa shape index (κ2) is 10.1. The average Bonchev–Trinajstić information content (AvgIpc) is 2.95. The lowest BCUT2D eigenvalue weighted by Crippen LogP contribution is -2.27. The van der Waals surface area contributed by atoms with Crippen molar-refractivity contribution in [1.29, 1.82) is 0 Å². The first kappa shape index (κ1) is 18.4. The van der Waals surface area contributed by atoms with Gasteiger partial charge in [0.1, 0.15) is 0 Å². The zero-order valence-electron chi connectivity index (χ0n) is 12.5. The summed E-state index contributed by atoms with van der Waals surface area (Å²) >= 11 is 0. The summed E-state index contributed by atoms with van der Waals surface area (Å²) in [5.41, 5.74) is 0. The Hall–Kier alpha value is -0.890. The number of allylic oxidation sites excluding steroid dienone is 2. The van der Waals surface area contributed by atoms with Crippen LogP contribution >= 0.6 is 29.4 Å². The molecule has 2 heterocycles. The van der Waals surface area contributed by atoms with E-state index in [2.05, 4.69) is 5.32 Å². The molecule has 23 heavy (non-hydrogen) atoms. The van der Waals surface area contributed by atoms with Crippen LogP contribution in [0.2, 0.25) is 0 Å². The van der Waals surface area contributed by atoms with Crippen molar-refractivity contribution in [3.8, 4) is 0 Å². The number of nitrogens with one attached hydrogen (secondary N) is 1. The summed E-state index contributed by atoms with van der Waals surface area (Å²) in [6.07, 6.45) is 7.15. The van der Waals surface area contributed by atoms with E-state index < -0.39 is 13.8 Å². The van der Waals surface area contributed by atoms with Crippen LogP contribution in [0.5, 0.6) is 0 Å². The Balaban J connectivity index is 1.52. The van der Waals surface area contributed by atoms with Crippen molar-refractivity contribution in [2.75, 3.05) is 31.2 Å². The van der Waals surface area contributed by atoms with Crippen molar-refractivity contribution in [1.82, 2.24) is 10.5 Å². The van der Waals surface area contributed by atoms with E-state index in [-0.39, 0.29) is 25.4 Å². The number of hydrogen-bond acceptors (Lipinski definition) is 8. The van der Waals surface area contributed by atoms with Gasteiger partial charge < -0.3 is 14.7 Å². The van der Waals surface area contributed by atoms with Gasteiger partial charge in [-0.15, -0.1) is 0 Å². The lowest BCUT2D eigenvalue weighted by molar-refractivity contribution is -0.302. The highest BCUT2D eigenvalue weighted by atomic mass is 33.1. The van der Waals surface area contributed by atoms with Crippen LogP contribution in [-0.4, -0.2) is 48.3 Å². The zero-order chi connectivity index (χ0) is 16.5. The number of rotatable bonds is 9. The molecule has 7 nitrogen and oxygen atoms in total. The number of nitrogens with zero attached hydrogens (tertiary/aromatic N) is 1. The van der Waals surface area contributed by atoms with Gasteiger partial charge in [0.05, 0.1) is 32.3 Å². The molecule has 2 rings (SSSR count). The summed E-state index contributed by atoms with van der Waals surface area (Å²) in [5.74, 6) is -0.211.